The molecule has 1 atom stereocenters. The second kappa shape index (κ2) is 8.13. The Morgan fingerprint density at radius 2 is 2.00 bits per heavy atom. The Labute approximate surface area is 143 Å². The smallest absolute Gasteiger partial charge is 0.243 e. The summed E-state index contributed by atoms with van der Waals surface area (Å²) in [6.45, 7) is 3.06. The summed E-state index contributed by atoms with van der Waals surface area (Å²) in [5.41, 5.74) is 0. The number of benzene rings is 1. The van der Waals surface area contributed by atoms with Gasteiger partial charge in [-0.3, -0.25) is 4.79 Å². The van der Waals surface area contributed by atoms with E-state index in [1.54, 1.807) is 12.1 Å². The van der Waals surface area contributed by atoms with Crippen LogP contribution >= 0.6 is 11.6 Å². The van der Waals surface area contributed by atoms with Gasteiger partial charge in [0.15, 0.2) is 0 Å². The van der Waals surface area contributed by atoms with E-state index < -0.39 is 16.1 Å². The van der Waals surface area contributed by atoms with E-state index in [4.69, 9.17) is 11.6 Å². The Bertz CT molecular complexity index is 631. The van der Waals surface area contributed by atoms with Crippen molar-refractivity contribution < 1.29 is 13.2 Å². The Morgan fingerprint density at radius 1 is 1.30 bits per heavy atom. The lowest BCUT2D eigenvalue weighted by atomic mass is 10.2. The number of unbranched alkanes of at least 4 members (excludes halogenated alkanes) is 2. The highest BCUT2D eigenvalue weighted by molar-refractivity contribution is 7.89. The van der Waals surface area contributed by atoms with Gasteiger partial charge in [-0.05, 0) is 43.5 Å². The third-order valence-electron chi connectivity index (χ3n) is 4.01. The molecule has 1 amide bonds. The lowest BCUT2D eigenvalue weighted by molar-refractivity contribution is -0.124. The topological polar surface area (TPSA) is 66.5 Å². The molecule has 0 unspecified atom stereocenters. The van der Waals surface area contributed by atoms with E-state index in [9.17, 15) is 13.2 Å². The first-order valence-corrected chi connectivity index (χ1v) is 9.83. The van der Waals surface area contributed by atoms with Crippen LogP contribution in [0.5, 0.6) is 0 Å². The molecular formula is C16H23ClN2O3S. The van der Waals surface area contributed by atoms with Crippen molar-refractivity contribution in [3.05, 3.63) is 29.3 Å². The number of nitrogens with one attached hydrogen (secondary N) is 1. The molecule has 1 aromatic rings. The summed E-state index contributed by atoms with van der Waals surface area (Å²) in [6.07, 6.45) is 4.30. The van der Waals surface area contributed by atoms with E-state index in [1.165, 1.54) is 16.4 Å². The summed E-state index contributed by atoms with van der Waals surface area (Å²) in [7, 11) is -3.67. The molecule has 1 heterocycles. The maximum atomic E-state index is 12.7. The van der Waals surface area contributed by atoms with Crippen molar-refractivity contribution in [2.45, 2.75) is 50.0 Å². The van der Waals surface area contributed by atoms with Gasteiger partial charge < -0.3 is 5.32 Å². The van der Waals surface area contributed by atoms with Crippen LogP contribution in [0.15, 0.2) is 29.2 Å². The average molecular weight is 359 g/mol. The van der Waals surface area contributed by atoms with Crippen molar-refractivity contribution in [2.24, 2.45) is 0 Å². The monoisotopic (exact) mass is 358 g/mol. The maximum Gasteiger partial charge on any atom is 0.243 e. The van der Waals surface area contributed by atoms with E-state index in [2.05, 4.69) is 12.2 Å². The number of amides is 1. The highest BCUT2D eigenvalue weighted by atomic mass is 35.5. The number of carbonyl (C=O) groups is 1. The standard InChI is InChI=1S/C16H23ClN2O3S/c1-2-3-4-11-18-16(20)15-6-5-12-19(15)23(21,22)14-9-7-13(17)8-10-14/h7-10,15H,2-6,11-12H2,1H3,(H,18,20)/t15-/m1/s1. The third-order valence-corrected chi connectivity index (χ3v) is 6.18. The van der Waals surface area contributed by atoms with Gasteiger partial charge in [-0.15, -0.1) is 0 Å². The summed E-state index contributed by atoms with van der Waals surface area (Å²) in [5, 5.41) is 3.34. The molecule has 0 saturated carbocycles. The molecule has 0 spiro atoms. The number of hydrogen-bond donors (Lipinski definition) is 1. The number of rotatable bonds is 7. The normalized spacial score (nSPS) is 19.0. The highest BCUT2D eigenvalue weighted by Crippen LogP contribution is 2.27. The molecule has 0 aromatic heterocycles. The average Bonchev–Trinajstić information content (AvgIpc) is 3.02. The maximum absolute atomic E-state index is 12.7. The fourth-order valence-corrected chi connectivity index (χ4v) is 4.52. The molecule has 0 radical (unpaired) electrons. The van der Waals surface area contributed by atoms with E-state index in [0.717, 1.165) is 19.3 Å². The van der Waals surface area contributed by atoms with Crippen LogP contribution < -0.4 is 5.32 Å². The zero-order valence-electron chi connectivity index (χ0n) is 13.3. The Morgan fingerprint density at radius 3 is 2.65 bits per heavy atom. The van der Waals surface area contributed by atoms with Crippen molar-refractivity contribution in [1.82, 2.24) is 9.62 Å². The predicted octanol–water partition coefficient (Wildman–Crippen LogP) is 2.80. The number of hydrogen-bond acceptors (Lipinski definition) is 3. The molecule has 1 fully saturated rings. The van der Waals surface area contributed by atoms with Gasteiger partial charge in [-0.2, -0.15) is 4.31 Å². The fourth-order valence-electron chi connectivity index (χ4n) is 2.74. The predicted molar refractivity (Wildman–Crippen MR) is 90.9 cm³/mol. The second-order valence-corrected chi connectivity index (χ2v) is 8.05. The molecule has 7 heteroatoms. The molecule has 0 aliphatic carbocycles. The van der Waals surface area contributed by atoms with Crippen LogP contribution in [-0.4, -0.2) is 37.8 Å². The van der Waals surface area contributed by atoms with Crippen LogP contribution in [0.25, 0.3) is 0 Å². The summed E-state index contributed by atoms with van der Waals surface area (Å²) in [5.74, 6) is -0.198. The molecular weight excluding hydrogens is 336 g/mol. The SMILES string of the molecule is CCCCCNC(=O)[C@H]1CCCN1S(=O)(=O)c1ccc(Cl)cc1. The lowest BCUT2D eigenvalue weighted by Gasteiger charge is -2.23. The van der Waals surface area contributed by atoms with E-state index in [0.29, 0.717) is 31.0 Å². The van der Waals surface area contributed by atoms with E-state index in [-0.39, 0.29) is 10.8 Å². The minimum absolute atomic E-state index is 0.174. The molecule has 1 aliphatic heterocycles. The highest BCUT2D eigenvalue weighted by Gasteiger charge is 2.39. The molecule has 5 nitrogen and oxygen atoms in total. The van der Waals surface area contributed by atoms with Gasteiger partial charge in [0, 0.05) is 18.1 Å². The number of halogens is 1. The van der Waals surface area contributed by atoms with Crippen molar-refractivity contribution in [1.29, 1.82) is 0 Å². The molecule has 1 saturated heterocycles. The quantitative estimate of drug-likeness (QED) is 0.762. The van der Waals surface area contributed by atoms with Crippen LogP contribution in [0.3, 0.4) is 0 Å². The lowest BCUT2D eigenvalue weighted by Crippen LogP contribution is -2.46. The van der Waals surface area contributed by atoms with Gasteiger partial charge >= 0.3 is 0 Å². The first kappa shape index (κ1) is 18.2. The van der Waals surface area contributed by atoms with Gasteiger partial charge in [-0.25, -0.2) is 8.42 Å². The summed E-state index contributed by atoms with van der Waals surface area (Å²) in [6, 6.07) is 5.44. The molecule has 0 bridgehead atoms. The summed E-state index contributed by atoms with van der Waals surface area (Å²) >= 11 is 5.81. The Hall–Kier alpha value is -1.11. The van der Waals surface area contributed by atoms with Crippen LogP contribution in [0.2, 0.25) is 5.02 Å². The summed E-state index contributed by atoms with van der Waals surface area (Å²) in [4.78, 5) is 12.5. The van der Waals surface area contributed by atoms with Crippen LogP contribution in [-0.2, 0) is 14.8 Å². The van der Waals surface area contributed by atoms with Gasteiger partial charge in [0.2, 0.25) is 15.9 Å². The van der Waals surface area contributed by atoms with Gasteiger partial charge in [-0.1, -0.05) is 31.4 Å². The van der Waals surface area contributed by atoms with Crippen molar-refractivity contribution in [3.8, 4) is 0 Å². The van der Waals surface area contributed by atoms with Gasteiger partial charge in [0.1, 0.15) is 6.04 Å². The molecule has 1 aliphatic rings. The Kier molecular flexibility index (Phi) is 6.44. The number of sulfonamides is 1. The minimum atomic E-state index is -3.67. The second-order valence-electron chi connectivity index (χ2n) is 5.73. The largest absolute Gasteiger partial charge is 0.355 e. The Balaban J connectivity index is 2.08. The van der Waals surface area contributed by atoms with Crippen LogP contribution in [0.1, 0.15) is 39.0 Å². The molecule has 128 valence electrons. The molecule has 1 N–H and O–H groups in total. The zero-order chi connectivity index (χ0) is 16.9. The minimum Gasteiger partial charge on any atom is -0.355 e. The summed E-state index contributed by atoms with van der Waals surface area (Å²) < 4.78 is 26.8. The molecule has 23 heavy (non-hydrogen) atoms. The first-order chi connectivity index (χ1) is 11.0. The zero-order valence-corrected chi connectivity index (χ0v) is 14.9. The van der Waals surface area contributed by atoms with Gasteiger partial charge in [0.25, 0.3) is 0 Å². The molecule has 2 rings (SSSR count). The van der Waals surface area contributed by atoms with E-state index in [1.807, 2.05) is 0 Å². The molecule has 1 aromatic carbocycles. The van der Waals surface area contributed by atoms with Crippen LogP contribution in [0.4, 0.5) is 0 Å². The van der Waals surface area contributed by atoms with Crippen molar-refractivity contribution in [2.75, 3.05) is 13.1 Å². The van der Waals surface area contributed by atoms with Gasteiger partial charge in [0.05, 0.1) is 4.90 Å². The van der Waals surface area contributed by atoms with E-state index >= 15 is 0 Å². The van der Waals surface area contributed by atoms with Crippen molar-refractivity contribution in [3.63, 3.8) is 0 Å². The first-order valence-electron chi connectivity index (χ1n) is 8.02. The van der Waals surface area contributed by atoms with Crippen molar-refractivity contribution >= 4 is 27.5 Å². The third kappa shape index (κ3) is 4.46. The fraction of sp³-hybridized carbons (Fsp3) is 0.562. The number of nitrogens with zero attached hydrogens (tertiary/aromatic N) is 1. The number of carbonyl (C=O) groups excluding carboxylic acids is 1. The van der Waals surface area contributed by atoms with Crippen LogP contribution in [0, 0.1) is 0 Å².